The topological polar surface area (TPSA) is 12.0 Å². The first-order valence-electron chi connectivity index (χ1n) is 3.64. The standard InChI is InChI=1S/C8H17N/c1-4-6-9-7-8(3)5-2/h5,8-9H,2,4,6-7H2,1,3H3/t8-/m0/s1. The van der Waals surface area contributed by atoms with Gasteiger partial charge < -0.3 is 5.32 Å². The average Bonchev–Trinajstić information content (AvgIpc) is 1.89. The van der Waals surface area contributed by atoms with E-state index in [2.05, 4.69) is 25.7 Å². The molecule has 0 saturated carbocycles. The van der Waals surface area contributed by atoms with Crippen LogP contribution in [0.5, 0.6) is 0 Å². The fourth-order valence-corrected chi connectivity index (χ4v) is 0.590. The monoisotopic (exact) mass is 127 g/mol. The minimum Gasteiger partial charge on any atom is -0.316 e. The van der Waals surface area contributed by atoms with Crippen LogP contribution < -0.4 is 5.32 Å². The van der Waals surface area contributed by atoms with Gasteiger partial charge in [0.05, 0.1) is 0 Å². The third-order valence-electron chi connectivity index (χ3n) is 1.30. The lowest BCUT2D eigenvalue weighted by atomic mass is 10.2. The van der Waals surface area contributed by atoms with Gasteiger partial charge in [0.15, 0.2) is 0 Å². The largest absolute Gasteiger partial charge is 0.316 e. The number of rotatable bonds is 5. The van der Waals surface area contributed by atoms with E-state index in [1.807, 2.05) is 6.08 Å². The Labute approximate surface area is 58.2 Å². The van der Waals surface area contributed by atoms with Gasteiger partial charge in [-0.2, -0.15) is 0 Å². The van der Waals surface area contributed by atoms with Crippen LogP contribution in [0.15, 0.2) is 12.7 Å². The van der Waals surface area contributed by atoms with Crippen LogP contribution in [-0.2, 0) is 0 Å². The molecule has 1 heteroatoms. The lowest BCUT2D eigenvalue weighted by Crippen LogP contribution is -2.20. The van der Waals surface area contributed by atoms with Gasteiger partial charge in [0.25, 0.3) is 0 Å². The molecule has 0 bridgehead atoms. The van der Waals surface area contributed by atoms with Gasteiger partial charge in [-0.3, -0.25) is 0 Å². The van der Waals surface area contributed by atoms with E-state index in [1.54, 1.807) is 0 Å². The molecule has 0 spiro atoms. The second-order valence-corrected chi connectivity index (χ2v) is 2.42. The summed E-state index contributed by atoms with van der Waals surface area (Å²) in [4.78, 5) is 0. The molecule has 0 aliphatic carbocycles. The summed E-state index contributed by atoms with van der Waals surface area (Å²) < 4.78 is 0. The Hall–Kier alpha value is -0.300. The SMILES string of the molecule is C=C[C@H](C)CNCCC. The lowest BCUT2D eigenvalue weighted by molar-refractivity contribution is 0.590. The third-order valence-corrected chi connectivity index (χ3v) is 1.30. The molecule has 0 rings (SSSR count). The van der Waals surface area contributed by atoms with Crippen molar-refractivity contribution in [1.82, 2.24) is 5.32 Å². The van der Waals surface area contributed by atoms with Crippen molar-refractivity contribution < 1.29 is 0 Å². The van der Waals surface area contributed by atoms with E-state index in [0.717, 1.165) is 13.1 Å². The van der Waals surface area contributed by atoms with Crippen LogP contribution in [0.4, 0.5) is 0 Å². The van der Waals surface area contributed by atoms with Crippen molar-refractivity contribution >= 4 is 0 Å². The Morgan fingerprint density at radius 1 is 1.67 bits per heavy atom. The Bertz CT molecular complexity index is 69.0. The van der Waals surface area contributed by atoms with Crippen LogP contribution in [0, 0.1) is 5.92 Å². The van der Waals surface area contributed by atoms with Gasteiger partial charge in [-0.25, -0.2) is 0 Å². The van der Waals surface area contributed by atoms with E-state index in [9.17, 15) is 0 Å². The van der Waals surface area contributed by atoms with Gasteiger partial charge in [0.1, 0.15) is 0 Å². The predicted molar refractivity (Wildman–Crippen MR) is 42.5 cm³/mol. The molecule has 0 unspecified atom stereocenters. The second-order valence-electron chi connectivity index (χ2n) is 2.42. The molecule has 0 radical (unpaired) electrons. The summed E-state index contributed by atoms with van der Waals surface area (Å²) >= 11 is 0. The molecule has 9 heavy (non-hydrogen) atoms. The first kappa shape index (κ1) is 8.70. The summed E-state index contributed by atoms with van der Waals surface area (Å²) in [7, 11) is 0. The number of hydrogen-bond acceptors (Lipinski definition) is 1. The molecule has 0 amide bonds. The van der Waals surface area contributed by atoms with Gasteiger partial charge in [-0.05, 0) is 18.9 Å². The molecular formula is C8H17N. The highest BCUT2D eigenvalue weighted by molar-refractivity contribution is 4.76. The molecule has 0 aromatic carbocycles. The normalized spacial score (nSPS) is 13.1. The van der Waals surface area contributed by atoms with Crippen LogP contribution in [0.3, 0.4) is 0 Å². The Morgan fingerprint density at radius 3 is 2.78 bits per heavy atom. The minimum absolute atomic E-state index is 0.608. The highest BCUT2D eigenvalue weighted by Crippen LogP contribution is 1.90. The van der Waals surface area contributed by atoms with Gasteiger partial charge in [0, 0.05) is 6.54 Å². The summed E-state index contributed by atoms with van der Waals surface area (Å²) in [6.07, 6.45) is 3.19. The molecule has 1 atom stereocenters. The lowest BCUT2D eigenvalue weighted by Gasteiger charge is -2.05. The van der Waals surface area contributed by atoms with Gasteiger partial charge in [-0.1, -0.05) is 19.9 Å². The van der Waals surface area contributed by atoms with Crippen molar-refractivity contribution in [2.24, 2.45) is 5.92 Å². The molecule has 0 aliphatic rings. The van der Waals surface area contributed by atoms with E-state index in [4.69, 9.17) is 0 Å². The summed E-state index contributed by atoms with van der Waals surface area (Å²) in [5.74, 6) is 0.608. The van der Waals surface area contributed by atoms with E-state index in [1.165, 1.54) is 6.42 Å². The van der Waals surface area contributed by atoms with E-state index < -0.39 is 0 Å². The molecule has 54 valence electrons. The fraction of sp³-hybridized carbons (Fsp3) is 0.750. The average molecular weight is 127 g/mol. The Kier molecular flexibility index (Phi) is 5.64. The molecule has 0 heterocycles. The van der Waals surface area contributed by atoms with Crippen LogP contribution >= 0.6 is 0 Å². The van der Waals surface area contributed by atoms with Crippen LogP contribution in [0.25, 0.3) is 0 Å². The maximum Gasteiger partial charge on any atom is 0.00114 e. The van der Waals surface area contributed by atoms with Crippen LogP contribution in [-0.4, -0.2) is 13.1 Å². The molecule has 0 fully saturated rings. The van der Waals surface area contributed by atoms with Gasteiger partial charge in [0.2, 0.25) is 0 Å². The predicted octanol–water partition coefficient (Wildman–Crippen LogP) is 1.81. The van der Waals surface area contributed by atoms with Crippen LogP contribution in [0.2, 0.25) is 0 Å². The summed E-state index contributed by atoms with van der Waals surface area (Å²) in [6, 6.07) is 0. The van der Waals surface area contributed by atoms with Crippen molar-refractivity contribution in [2.45, 2.75) is 20.3 Å². The molecule has 1 N–H and O–H groups in total. The minimum atomic E-state index is 0.608. The smallest absolute Gasteiger partial charge is 0.00114 e. The number of hydrogen-bond donors (Lipinski definition) is 1. The first-order chi connectivity index (χ1) is 4.31. The second kappa shape index (κ2) is 5.83. The van der Waals surface area contributed by atoms with Crippen molar-refractivity contribution in [3.8, 4) is 0 Å². The highest BCUT2D eigenvalue weighted by Gasteiger charge is 1.91. The Morgan fingerprint density at radius 2 is 2.33 bits per heavy atom. The highest BCUT2D eigenvalue weighted by atomic mass is 14.8. The zero-order valence-corrected chi connectivity index (χ0v) is 6.48. The van der Waals surface area contributed by atoms with Gasteiger partial charge >= 0.3 is 0 Å². The van der Waals surface area contributed by atoms with Crippen molar-refractivity contribution in [1.29, 1.82) is 0 Å². The first-order valence-corrected chi connectivity index (χ1v) is 3.64. The molecule has 0 aliphatic heterocycles. The number of nitrogens with one attached hydrogen (secondary N) is 1. The molecule has 1 nitrogen and oxygen atoms in total. The summed E-state index contributed by atoms with van der Waals surface area (Å²) in [5, 5.41) is 3.31. The van der Waals surface area contributed by atoms with Crippen molar-refractivity contribution in [3.05, 3.63) is 12.7 Å². The quantitative estimate of drug-likeness (QED) is 0.438. The maximum atomic E-state index is 3.70. The third kappa shape index (κ3) is 5.57. The molecule has 0 aromatic heterocycles. The molecular weight excluding hydrogens is 110 g/mol. The Balaban J connectivity index is 2.96. The zero-order valence-electron chi connectivity index (χ0n) is 6.48. The van der Waals surface area contributed by atoms with E-state index in [-0.39, 0.29) is 0 Å². The fourth-order valence-electron chi connectivity index (χ4n) is 0.590. The molecule has 0 saturated heterocycles. The van der Waals surface area contributed by atoms with Gasteiger partial charge in [-0.15, -0.1) is 6.58 Å². The molecule has 0 aromatic rings. The van der Waals surface area contributed by atoms with E-state index in [0.29, 0.717) is 5.92 Å². The van der Waals surface area contributed by atoms with Crippen LogP contribution in [0.1, 0.15) is 20.3 Å². The summed E-state index contributed by atoms with van der Waals surface area (Å²) in [6.45, 7) is 10.2. The van der Waals surface area contributed by atoms with E-state index >= 15 is 0 Å². The zero-order chi connectivity index (χ0) is 7.11. The summed E-state index contributed by atoms with van der Waals surface area (Å²) in [5.41, 5.74) is 0. The van der Waals surface area contributed by atoms with Crippen molar-refractivity contribution in [3.63, 3.8) is 0 Å². The van der Waals surface area contributed by atoms with Crippen molar-refractivity contribution in [2.75, 3.05) is 13.1 Å². The maximum absolute atomic E-state index is 3.70.